The summed E-state index contributed by atoms with van der Waals surface area (Å²) in [7, 11) is 1.25. The van der Waals surface area contributed by atoms with Crippen LogP contribution in [0.4, 0.5) is 0 Å². The second kappa shape index (κ2) is 4.90. The molecule has 0 aliphatic rings. The van der Waals surface area contributed by atoms with Crippen LogP contribution in [0.15, 0.2) is 48.5 Å². The molecule has 104 valence electrons. The van der Waals surface area contributed by atoms with Crippen molar-refractivity contribution in [3.63, 3.8) is 0 Å². The highest BCUT2D eigenvalue weighted by Gasteiger charge is 2.21. The van der Waals surface area contributed by atoms with Crippen LogP contribution in [0.1, 0.15) is 20.7 Å². The lowest BCUT2D eigenvalue weighted by molar-refractivity contribution is 0.0585. The number of rotatable bonds is 2. The second-order valence-corrected chi connectivity index (χ2v) is 4.67. The predicted octanol–water partition coefficient (Wildman–Crippen LogP) is 3.48. The first-order valence-electron chi connectivity index (χ1n) is 6.39. The van der Waals surface area contributed by atoms with Gasteiger partial charge in [-0.25, -0.2) is 9.59 Å². The summed E-state index contributed by atoms with van der Waals surface area (Å²) in [4.78, 5) is 23.5. The monoisotopic (exact) mass is 280 g/mol. The third-order valence-corrected chi connectivity index (χ3v) is 3.53. The molecule has 4 nitrogen and oxygen atoms in total. The van der Waals surface area contributed by atoms with E-state index in [-0.39, 0.29) is 11.1 Å². The van der Waals surface area contributed by atoms with E-state index < -0.39 is 11.9 Å². The van der Waals surface area contributed by atoms with Gasteiger partial charge in [0, 0.05) is 5.39 Å². The number of aromatic carboxylic acids is 1. The van der Waals surface area contributed by atoms with Crippen LogP contribution in [-0.2, 0) is 4.74 Å². The summed E-state index contributed by atoms with van der Waals surface area (Å²) in [5.41, 5.74) is 0.0463. The minimum Gasteiger partial charge on any atom is -0.478 e. The molecule has 0 saturated heterocycles. The number of hydrogen-bond acceptors (Lipinski definition) is 3. The molecule has 0 radical (unpaired) electrons. The van der Waals surface area contributed by atoms with Gasteiger partial charge in [-0.3, -0.25) is 0 Å². The summed E-state index contributed by atoms with van der Waals surface area (Å²) < 4.78 is 4.78. The Morgan fingerprint density at radius 1 is 0.952 bits per heavy atom. The molecule has 21 heavy (non-hydrogen) atoms. The van der Waals surface area contributed by atoms with Crippen molar-refractivity contribution in [2.75, 3.05) is 7.11 Å². The van der Waals surface area contributed by atoms with Gasteiger partial charge >= 0.3 is 11.9 Å². The molecular weight excluding hydrogens is 268 g/mol. The number of carboxylic acids is 1. The Hall–Kier alpha value is -2.88. The van der Waals surface area contributed by atoms with E-state index in [0.29, 0.717) is 5.39 Å². The Morgan fingerprint density at radius 3 is 2.33 bits per heavy atom. The van der Waals surface area contributed by atoms with E-state index in [1.807, 2.05) is 36.4 Å². The number of ether oxygens (including phenoxy) is 1. The van der Waals surface area contributed by atoms with E-state index in [2.05, 4.69) is 0 Å². The molecule has 0 aliphatic carbocycles. The number of carboxylic acid groups (broad SMARTS) is 1. The fourth-order valence-electron chi connectivity index (χ4n) is 2.59. The zero-order chi connectivity index (χ0) is 15.0. The molecule has 0 aliphatic heterocycles. The van der Waals surface area contributed by atoms with Gasteiger partial charge in [-0.1, -0.05) is 42.5 Å². The van der Waals surface area contributed by atoms with Gasteiger partial charge in [-0.05, 0) is 22.2 Å². The van der Waals surface area contributed by atoms with Crippen LogP contribution in [0, 0.1) is 0 Å². The van der Waals surface area contributed by atoms with Crippen molar-refractivity contribution in [1.29, 1.82) is 0 Å². The van der Waals surface area contributed by atoms with Crippen LogP contribution >= 0.6 is 0 Å². The maximum Gasteiger partial charge on any atom is 0.339 e. The first-order valence-corrected chi connectivity index (χ1v) is 6.39. The first kappa shape index (κ1) is 13.1. The van der Waals surface area contributed by atoms with Crippen LogP contribution in [0.3, 0.4) is 0 Å². The predicted molar refractivity (Wildman–Crippen MR) is 79.8 cm³/mol. The molecule has 1 N–H and O–H groups in total. The summed E-state index contributed by atoms with van der Waals surface area (Å²) >= 11 is 0. The van der Waals surface area contributed by atoms with Gasteiger partial charge in [0.1, 0.15) is 0 Å². The summed E-state index contributed by atoms with van der Waals surface area (Å²) in [6, 6.07) is 14.5. The highest BCUT2D eigenvalue weighted by molar-refractivity contribution is 6.20. The van der Waals surface area contributed by atoms with E-state index in [1.165, 1.54) is 13.2 Å². The summed E-state index contributed by atoms with van der Waals surface area (Å²) in [5.74, 6) is -1.79. The number of carbonyl (C=O) groups excluding carboxylic acids is 1. The SMILES string of the molecule is COC(=O)c1c(C(=O)O)ccc2ccc3ccccc3c12. The number of hydrogen-bond donors (Lipinski definition) is 1. The fourth-order valence-corrected chi connectivity index (χ4v) is 2.59. The molecule has 3 rings (SSSR count). The number of fused-ring (bicyclic) bond motifs is 3. The highest BCUT2D eigenvalue weighted by Crippen LogP contribution is 2.31. The molecule has 0 unspecified atom stereocenters. The van der Waals surface area contributed by atoms with Crippen molar-refractivity contribution in [1.82, 2.24) is 0 Å². The highest BCUT2D eigenvalue weighted by atomic mass is 16.5. The van der Waals surface area contributed by atoms with Crippen molar-refractivity contribution in [3.8, 4) is 0 Å². The van der Waals surface area contributed by atoms with Crippen molar-refractivity contribution < 1.29 is 19.4 Å². The third kappa shape index (κ3) is 2.01. The third-order valence-electron chi connectivity index (χ3n) is 3.53. The van der Waals surface area contributed by atoms with Gasteiger partial charge in [-0.2, -0.15) is 0 Å². The average molecular weight is 280 g/mol. The minimum absolute atomic E-state index is 0.0503. The molecule has 3 aromatic carbocycles. The Morgan fingerprint density at radius 2 is 1.62 bits per heavy atom. The van der Waals surface area contributed by atoms with Crippen LogP contribution in [0.2, 0.25) is 0 Å². The van der Waals surface area contributed by atoms with Crippen molar-refractivity contribution >= 4 is 33.5 Å². The number of methoxy groups -OCH3 is 1. The maximum absolute atomic E-state index is 12.1. The van der Waals surface area contributed by atoms with E-state index in [0.717, 1.165) is 16.2 Å². The van der Waals surface area contributed by atoms with Crippen molar-refractivity contribution in [2.45, 2.75) is 0 Å². The maximum atomic E-state index is 12.1. The minimum atomic E-state index is -1.15. The Kier molecular flexibility index (Phi) is 3.06. The molecule has 0 heterocycles. The molecule has 0 atom stereocenters. The number of benzene rings is 3. The Bertz CT molecular complexity index is 880. The molecule has 0 aromatic heterocycles. The molecule has 0 fully saturated rings. The van der Waals surface area contributed by atoms with E-state index in [9.17, 15) is 14.7 Å². The molecule has 3 aromatic rings. The lowest BCUT2D eigenvalue weighted by Crippen LogP contribution is -2.11. The molecule has 0 amide bonds. The smallest absolute Gasteiger partial charge is 0.339 e. The first-order chi connectivity index (χ1) is 10.1. The fraction of sp³-hybridized carbons (Fsp3) is 0.0588. The quantitative estimate of drug-likeness (QED) is 0.576. The van der Waals surface area contributed by atoms with Gasteiger partial charge in [-0.15, -0.1) is 0 Å². The number of esters is 1. The van der Waals surface area contributed by atoms with Crippen LogP contribution in [-0.4, -0.2) is 24.2 Å². The normalized spacial score (nSPS) is 10.7. The van der Waals surface area contributed by atoms with Crippen LogP contribution in [0.5, 0.6) is 0 Å². The zero-order valence-electron chi connectivity index (χ0n) is 11.3. The van der Waals surface area contributed by atoms with E-state index in [1.54, 1.807) is 6.07 Å². The summed E-state index contributed by atoms with van der Waals surface area (Å²) in [5, 5.41) is 12.5. The topological polar surface area (TPSA) is 63.6 Å². The van der Waals surface area contributed by atoms with Crippen LogP contribution in [0.25, 0.3) is 21.5 Å². The molecular formula is C17H12O4. The number of carbonyl (C=O) groups is 2. The van der Waals surface area contributed by atoms with Crippen molar-refractivity contribution in [2.24, 2.45) is 0 Å². The molecule has 0 bridgehead atoms. The summed E-state index contributed by atoms with van der Waals surface area (Å²) in [6.45, 7) is 0. The zero-order valence-corrected chi connectivity index (χ0v) is 11.3. The van der Waals surface area contributed by atoms with Gasteiger partial charge in [0.2, 0.25) is 0 Å². The molecule has 0 saturated carbocycles. The van der Waals surface area contributed by atoms with Gasteiger partial charge < -0.3 is 9.84 Å². The lowest BCUT2D eigenvalue weighted by atomic mass is 9.94. The largest absolute Gasteiger partial charge is 0.478 e. The van der Waals surface area contributed by atoms with Gasteiger partial charge in [0.25, 0.3) is 0 Å². The second-order valence-electron chi connectivity index (χ2n) is 4.67. The Labute approximate surface area is 120 Å². The molecule has 0 spiro atoms. The van der Waals surface area contributed by atoms with E-state index in [4.69, 9.17) is 4.74 Å². The standard InChI is InChI=1S/C17H12O4/c1-21-17(20)15-13(16(18)19)9-8-11-7-6-10-4-2-3-5-12(10)14(11)15/h2-9H,1H3,(H,18,19). The average Bonchev–Trinajstić information content (AvgIpc) is 2.52. The molecule has 4 heteroatoms. The summed E-state index contributed by atoms with van der Waals surface area (Å²) in [6.07, 6.45) is 0. The van der Waals surface area contributed by atoms with Gasteiger partial charge in [0.15, 0.2) is 0 Å². The van der Waals surface area contributed by atoms with Crippen molar-refractivity contribution in [3.05, 3.63) is 59.7 Å². The van der Waals surface area contributed by atoms with Crippen LogP contribution < -0.4 is 0 Å². The van der Waals surface area contributed by atoms with Gasteiger partial charge in [0.05, 0.1) is 18.2 Å². The Balaban J connectivity index is 2.56. The lowest BCUT2D eigenvalue weighted by Gasteiger charge is -2.11. The van der Waals surface area contributed by atoms with E-state index >= 15 is 0 Å².